The maximum Gasteiger partial charge on any atom is 0.250 e. The smallest absolute Gasteiger partial charge is 0.250 e. The Morgan fingerprint density at radius 1 is 1.20 bits per heavy atom. The lowest BCUT2D eigenvalue weighted by molar-refractivity contribution is 0.583. The van der Waals surface area contributed by atoms with Crippen molar-refractivity contribution in [1.29, 1.82) is 0 Å². The van der Waals surface area contributed by atoms with Gasteiger partial charge in [0.05, 0.1) is 0 Å². The zero-order chi connectivity index (χ0) is 14.6. The normalized spacial score (nSPS) is 11.7. The van der Waals surface area contributed by atoms with Crippen LogP contribution in [0.15, 0.2) is 44.4 Å². The van der Waals surface area contributed by atoms with Gasteiger partial charge in [0.2, 0.25) is 10.0 Å². The Balaban J connectivity index is 2.06. The molecule has 0 aliphatic carbocycles. The molecule has 2 aromatic rings. The van der Waals surface area contributed by atoms with Gasteiger partial charge in [0.1, 0.15) is 4.21 Å². The van der Waals surface area contributed by atoms with Crippen LogP contribution in [-0.4, -0.2) is 15.5 Å². The van der Waals surface area contributed by atoms with Crippen molar-refractivity contribution in [3.8, 4) is 0 Å². The highest BCUT2D eigenvalue weighted by molar-refractivity contribution is 9.10. The molecule has 0 saturated carbocycles. The number of hydrogen-bond acceptors (Lipinski definition) is 4. The lowest BCUT2D eigenvalue weighted by Gasteiger charge is -2.05. The first-order valence-corrected chi connectivity index (χ1v) is 9.13. The third-order valence-corrected chi connectivity index (χ3v) is 6.01. The summed E-state index contributed by atoms with van der Waals surface area (Å²) < 4.78 is 28.2. The van der Waals surface area contributed by atoms with Crippen molar-refractivity contribution in [2.75, 3.05) is 7.05 Å². The summed E-state index contributed by atoms with van der Waals surface area (Å²) in [7, 11) is -1.61. The molecule has 2 N–H and O–H groups in total. The van der Waals surface area contributed by atoms with Crippen molar-refractivity contribution in [2.24, 2.45) is 0 Å². The third kappa shape index (κ3) is 4.13. The average molecular weight is 375 g/mol. The van der Waals surface area contributed by atoms with Gasteiger partial charge in [0, 0.05) is 17.6 Å². The Labute approximate surface area is 131 Å². The van der Waals surface area contributed by atoms with Gasteiger partial charge in [-0.15, -0.1) is 11.3 Å². The van der Waals surface area contributed by atoms with E-state index in [1.54, 1.807) is 6.07 Å². The van der Waals surface area contributed by atoms with Crippen LogP contribution >= 0.6 is 27.3 Å². The van der Waals surface area contributed by atoms with Crippen LogP contribution in [0.2, 0.25) is 0 Å². The molecular weight excluding hydrogens is 360 g/mol. The summed E-state index contributed by atoms with van der Waals surface area (Å²) in [6, 6.07) is 9.26. The van der Waals surface area contributed by atoms with Crippen LogP contribution in [0, 0.1) is 0 Å². The van der Waals surface area contributed by atoms with Crippen LogP contribution in [-0.2, 0) is 23.1 Å². The van der Waals surface area contributed by atoms with E-state index in [1.807, 2.05) is 36.7 Å². The fourth-order valence-electron chi connectivity index (χ4n) is 1.69. The largest absolute Gasteiger partial charge is 0.316 e. The van der Waals surface area contributed by atoms with Gasteiger partial charge < -0.3 is 5.32 Å². The summed E-state index contributed by atoms with van der Waals surface area (Å²) >= 11 is 4.60. The second-order valence-corrected chi connectivity index (χ2v) is 8.08. The van der Waals surface area contributed by atoms with Crippen LogP contribution in [0.4, 0.5) is 0 Å². The Morgan fingerprint density at radius 3 is 2.70 bits per heavy atom. The molecule has 0 atom stereocenters. The molecule has 0 fully saturated rings. The number of rotatable bonds is 6. The summed E-state index contributed by atoms with van der Waals surface area (Å²) in [4.78, 5) is 0. The van der Waals surface area contributed by atoms with Gasteiger partial charge in [-0.2, -0.15) is 0 Å². The lowest BCUT2D eigenvalue weighted by Crippen LogP contribution is -2.22. The summed E-state index contributed by atoms with van der Waals surface area (Å²) in [5, 5.41) is 4.85. The van der Waals surface area contributed by atoms with Crippen LogP contribution in [0.1, 0.15) is 11.1 Å². The third-order valence-electron chi connectivity index (χ3n) is 2.63. The van der Waals surface area contributed by atoms with Gasteiger partial charge >= 0.3 is 0 Å². The van der Waals surface area contributed by atoms with Crippen molar-refractivity contribution in [1.82, 2.24) is 10.0 Å². The second kappa shape index (κ2) is 6.82. The van der Waals surface area contributed by atoms with Gasteiger partial charge in [-0.1, -0.05) is 28.1 Å². The molecule has 4 nitrogen and oxygen atoms in total. The summed E-state index contributed by atoms with van der Waals surface area (Å²) in [6.07, 6.45) is 0. The van der Waals surface area contributed by atoms with Crippen molar-refractivity contribution in [3.05, 3.63) is 51.3 Å². The summed E-state index contributed by atoms with van der Waals surface area (Å²) in [5.74, 6) is 0. The fraction of sp³-hybridized carbons (Fsp3) is 0.231. The molecule has 0 aliphatic heterocycles. The van der Waals surface area contributed by atoms with Gasteiger partial charge in [-0.25, -0.2) is 13.1 Å². The molecule has 0 unspecified atom stereocenters. The van der Waals surface area contributed by atoms with Crippen molar-refractivity contribution in [3.63, 3.8) is 0 Å². The van der Waals surface area contributed by atoms with Gasteiger partial charge in [0.25, 0.3) is 0 Å². The Kier molecular flexibility index (Phi) is 5.34. The number of nitrogens with one attached hydrogen (secondary N) is 2. The highest BCUT2D eigenvalue weighted by atomic mass is 79.9. The second-order valence-electron chi connectivity index (χ2n) is 4.26. The average Bonchev–Trinajstić information content (AvgIpc) is 2.87. The Hall–Kier alpha value is -0.730. The standard InChI is InChI=1S/C13H15BrN2O2S2/c1-15-7-11-6-13(19-9-11)20(17,18)16-8-10-3-2-4-12(14)5-10/h2-6,9,15-16H,7-8H2,1H3. The van der Waals surface area contributed by atoms with E-state index in [4.69, 9.17) is 0 Å². The molecule has 1 aromatic carbocycles. The first-order chi connectivity index (χ1) is 9.51. The predicted octanol–water partition coefficient (Wildman–Crippen LogP) is 2.71. The molecule has 0 bridgehead atoms. The molecule has 20 heavy (non-hydrogen) atoms. The molecule has 108 valence electrons. The molecular formula is C13H15BrN2O2S2. The minimum atomic E-state index is -3.44. The number of halogens is 1. The first kappa shape index (κ1) is 15.7. The quantitative estimate of drug-likeness (QED) is 0.816. The molecule has 0 radical (unpaired) electrons. The van der Waals surface area contributed by atoms with Crippen LogP contribution in [0.3, 0.4) is 0 Å². The zero-order valence-corrected chi connectivity index (χ0v) is 14.1. The van der Waals surface area contributed by atoms with Crippen LogP contribution < -0.4 is 10.0 Å². The molecule has 1 heterocycles. The van der Waals surface area contributed by atoms with E-state index in [0.29, 0.717) is 10.8 Å². The molecule has 2 rings (SSSR count). The minimum absolute atomic E-state index is 0.279. The maximum atomic E-state index is 12.2. The number of sulfonamides is 1. The monoisotopic (exact) mass is 374 g/mol. The molecule has 0 aliphatic rings. The van der Waals surface area contributed by atoms with Crippen molar-refractivity contribution in [2.45, 2.75) is 17.3 Å². The van der Waals surface area contributed by atoms with E-state index in [-0.39, 0.29) is 6.54 Å². The van der Waals surface area contributed by atoms with Crippen LogP contribution in [0.5, 0.6) is 0 Å². The minimum Gasteiger partial charge on any atom is -0.316 e. The van der Waals surface area contributed by atoms with Gasteiger partial charge in [-0.05, 0) is 41.8 Å². The SMILES string of the molecule is CNCc1csc(S(=O)(=O)NCc2cccc(Br)c2)c1. The highest BCUT2D eigenvalue weighted by Crippen LogP contribution is 2.20. The molecule has 7 heteroatoms. The maximum absolute atomic E-state index is 12.2. The number of benzene rings is 1. The van der Waals surface area contributed by atoms with E-state index < -0.39 is 10.0 Å². The first-order valence-electron chi connectivity index (χ1n) is 5.97. The fourth-order valence-corrected chi connectivity index (χ4v) is 4.41. The van der Waals surface area contributed by atoms with Gasteiger partial charge in [-0.3, -0.25) is 0 Å². The Bertz CT molecular complexity index is 683. The van der Waals surface area contributed by atoms with Crippen LogP contribution in [0.25, 0.3) is 0 Å². The van der Waals surface area contributed by atoms with E-state index in [1.165, 1.54) is 11.3 Å². The zero-order valence-electron chi connectivity index (χ0n) is 10.9. The van der Waals surface area contributed by atoms with Crippen molar-refractivity contribution >= 4 is 37.3 Å². The van der Waals surface area contributed by atoms with Gasteiger partial charge in [0.15, 0.2) is 0 Å². The number of hydrogen-bond donors (Lipinski definition) is 2. The van der Waals surface area contributed by atoms with E-state index in [2.05, 4.69) is 26.0 Å². The van der Waals surface area contributed by atoms with E-state index >= 15 is 0 Å². The molecule has 0 spiro atoms. The number of thiophene rings is 1. The van der Waals surface area contributed by atoms with Crippen molar-refractivity contribution < 1.29 is 8.42 Å². The predicted molar refractivity (Wildman–Crippen MR) is 85.3 cm³/mol. The topological polar surface area (TPSA) is 58.2 Å². The molecule has 1 aromatic heterocycles. The summed E-state index contributed by atoms with van der Waals surface area (Å²) in [5.41, 5.74) is 1.88. The summed E-state index contributed by atoms with van der Waals surface area (Å²) in [6.45, 7) is 0.943. The van der Waals surface area contributed by atoms with E-state index in [9.17, 15) is 8.42 Å². The Morgan fingerprint density at radius 2 is 2.00 bits per heavy atom. The lowest BCUT2D eigenvalue weighted by atomic mass is 10.2. The van der Waals surface area contributed by atoms with E-state index in [0.717, 1.165) is 15.6 Å². The highest BCUT2D eigenvalue weighted by Gasteiger charge is 2.16. The molecule has 0 amide bonds. The molecule has 0 saturated heterocycles.